The number of anilines is 3. The zero-order valence-electron chi connectivity index (χ0n) is 20.4. The van der Waals surface area contributed by atoms with Crippen LogP contribution in [-0.2, 0) is 0 Å². The number of aromatic nitrogens is 4. The van der Waals surface area contributed by atoms with E-state index < -0.39 is 6.09 Å². The van der Waals surface area contributed by atoms with Crippen molar-refractivity contribution in [3.05, 3.63) is 36.3 Å². The normalized spacial score (nSPS) is 23.1. The number of hydrogen-bond donors (Lipinski definition) is 3. The summed E-state index contributed by atoms with van der Waals surface area (Å²) in [7, 11) is 3.53. The van der Waals surface area contributed by atoms with Crippen LogP contribution in [0.5, 0.6) is 0 Å². The van der Waals surface area contributed by atoms with E-state index in [1.54, 1.807) is 31.4 Å². The Morgan fingerprint density at radius 3 is 2.67 bits per heavy atom. The number of hydrogen-bond acceptors (Lipinski definition) is 7. The Labute approximate surface area is 208 Å². The molecule has 6 rings (SSSR count). The SMILES string of the molecule is CN(C)C(=O)c1cc2cnc(Nc3ccc(N4CC5CC5(NC(=O)O)C4)cn3)nc2n1C1CCCC1. The predicted molar refractivity (Wildman–Crippen MR) is 135 cm³/mol. The van der Waals surface area contributed by atoms with Crippen LogP contribution in [0, 0.1) is 5.92 Å². The van der Waals surface area contributed by atoms with Crippen molar-refractivity contribution in [3.8, 4) is 0 Å². The van der Waals surface area contributed by atoms with E-state index in [9.17, 15) is 9.59 Å². The van der Waals surface area contributed by atoms with Gasteiger partial charge in [0.1, 0.15) is 17.2 Å². The van der Waals surface area contributed by atoms with Gasteiger partial charge in [-0.05, 0) is 37.5 Å². The number of fused-ring (bicyclic) bond motifs is 2. The maximum absolute atomic E-state index is 12.9. The topological polar surface area (TPSA) is 129 Å². The third-order valence-electron chi connectivity index (χ3n) is 7.75. The van der Waals surface area contributed by atoms with Gasteiger partial charge >= 0.3 is 6.09 Å². The molecule has 3 N–H and O–H groups in total. The van der Waals surface area contributed by atoms with Crippen LogP contribution in [0.1, 0.15) is 48.6 Å². The van der Waals surface area contributed by atoms with E-state index in [-0.39, 0.29) is 17.5 Å². The van der Waals surface area contributed by atoms with E-state index in [2.05, 4.69) is 30.1 Å². The van der Waals surface area contributed by atoms with Crippen molar-refractivity contribution in [3.63, 3.8) is 0 Å². The number of pyridine rings is 1. The highest BCUT2D eigenvalue weighted by atomic mass is 16.4. The minimum Gasteiger partial charge on any atom is -0.465 e. The van der Waals surface area contributed by atoms with Gasteiger partial charge in [-0.3, -0.25) is 4.79 Å². The first kappa shape index (κ1) is 22.6. The largest absolute Gasteiger partial charge is 0.465 e. The van der Waals surface area contributed by atoms with Gasteiger partial charge in [0, 0.05) is 50.7 Å². The second kappa shape index (κ2) is 8.35. The van der Waals surface area contributed by atoms with Crippen LogP contribution in [0.4, 0.5) is 22.2 Å². The summed E-state index contributed by atoms with van der Waals surface area (Å²) in [6.07, 6.45) is 7.84. The Morgan fingerprint density at radius 2 is 1.97 bits per heavy atom. The summed E-state index contributed by atoms with van der Waals surface area (Å²) in [4.78, 5) is 41.6. The van der Waals surface area contributed by atoms with Crippen molar-refractivity contribution < 1.29 is 14.7 Å². The molecule has 11 nitrogen and oxygen atoms in total. The van der Waals surface area contributed by atoms with Crippen molar-refractivity contribution in [1.29, 1.82) is 0 Å². The lowest BCUT2D eigenvalue weighted by Gasteiger charge is -2.22. The number of piperidine rings is 1. The third kappa shape index (κ3) is 3.88. The number of amides is 2. The fourth-order valence-electron chi connectivity index (χ4n) is 5.84. The van der Waals surface area contributed by atoms with Crippen LogP contribution >= 0.6 is 0 Å². The fraction of sp³-hybridized carbons (Fsp3) is 0.480. The van der Waals surface area contributed by atoms with Gasteiger partial charge in [-0.25, -0.2) is 14.8 Å². The Hall–Kier alpha value is -3.89. The standard InChI is InChI=1S/C25H30N8O3/c1-31(2)22(34)19-9-15-11-27-23(29-21(15)33(19)17-5-3-4-6-17)28-20-8-7-18(12-26-20)32-13-16-10-25(16,14-32)30-24(35)36/h7-9,11-12,16-17,30H,3-6,10,13-14H2,1-2H3,(H,35,36)(H,26,27,28,29). The molecule has 1 saturated heterocycles. The fourth-order valence-corrected chi connectivity index (χ4v) is 5.84. The van der Waals surface area contributed by atoms with Gasteiger partial charge in [0.15, 0.2) is 0 Å². The van der Waals surface area contributed by atoms with Crippen LogP contribution in [0.15, 0.2) is 30.6 Å². The van der Waals surface area contributed by atoms with Crippen molar-refractivity contribution in [2.24, 2.45) is 5.92 Å². The molecule has 3 fully saturated rings. The van der Waals surface area contributed by atoms with E-state index in [1.807, 2.05) is 18.2 Å². The average Bonchev–Trinajstić information content (AvgIpc) is 3.27. The summed E-state index contributed by atoms with van der Waals surface area (Å²) < 4.78 is 2.09. The molecular weight excluding hydrogens is 460 g/mol. The first-order chi connectivity index (χ1) is 17.3. The van der Waals surface area contributed by atoms with E-state index in [4.69, 9.17) is 10.1 Å². The Bertz CT molecular complexity index is 1330. The lowest BCUT2D eigenvalue weighted by atomic mass is 10.2. The van der Waals surface area contributed by atoms with Crippen LogP contribution in [0.25, 0.3) is 11.0 Å². The second-order valence-electron chi connectivity index (χ2n) is 10.4. The Morgan fingerprint density at radius 1 is 1.17 bits per heavy atom. The Balaban J connectivity index is 1.22. The lowest BCUT2D eigenvalue weighted by molar-refractivity contribution is 0.0815. The maximum Gasteiger partial charge on any atom is 0.405 e. The zero-order valence-corrected chi connectivity index (χ0v) is 20.4. The van der Waals surface area contributed by atoms with Gasteiger partial charge < -0.3 is 30.1 Å². The van der Waals surface area contributed by atoms with Crippen LogP contribution in [-0.4, -0.2) is 74.2 Å². The number of rotatable bonds is 6. The minimum atomic E-state index is -0.966. The molecule has 3 aromatic heterocycles. The molecule has 0 radical (unpaired) electrons. The molecule has 4 heterocycles. The average molecular weight is 491 g/mol. The van der Waals surface area contributed by atoms with Gasteiger partial charge in [-0.1, -0.05) is 12.8 Å². The smallest absolute Gasteiger partial charge is 0.405 e. The van der Waals surface area contributed by atoms with E-state index in [0.717, 1.165) is 55.4 Å². The van der Waals surface area contributed by atoms with Gasteiger partial charge in [0.25, 0.3) is 5.91 Å². The quantitative estimate of drug-likeness (QED) is 0.480. The second-order valence-corrected chi connectivity index (χ2v) is 10.4. The summed E-state index contributed by atoms with van der Waals surface area (Å²) in [5, 5.41) is 15.8. The molecule has 2 saturated carbocycles. The van der Waals surface area contributed by atoms with Crippen molar-refractivity contribution >= 4 is 40.5 Å². The number of carbonyl (C=O) groups excluding carboxylic acids is 1. The highest BCUT2D eigenvalue weighted by molar-refractivity contribution is 5.97. The van der Waals surface area contributed by atoms with E-state index >= 15 is 0 Å². The first-order valence-corrected chi connectivity index (χ1v) is 12.4. The number of carboxylic acid groups (broad SMARTS) is 1. The molecular formula is C25H30N8O3. The van der Waals surface area contributed by atoms with Crippen LogP contribution in [0.3, 0.4) is 0 Å². The molecule has 2 aliphatic carbocycles. The van der Waals surface area contributed by atoms with E-state index in [0.29, 0.717) is 29.9 Å². The van der Waals surface area contributed by atoms with Crippen LogP contribution < -0.4 is 15.5 Å². The summed E-state index contributed by atoms with van der Waals surface area (Å²) in [6, 6.07) is 6.00. The zero-order chi connectivity index (χ0) is 25.0. The van der Waals surface area contributed by atoms with Crippen molar-refractivity contribution in [1.82, 2.24) is 29.7 Å². The van der Waals surface area contributed by atoms with Gasteiger partial charge in [0.2, 0.25) is 5.95 Å². The molecule has 188 valence electrons. The number of nitrogens with zero attached hydrogens (tertiary/aromatic N) is 6. The van der Waals surface area contributed by atoms with Gasteiger partial charge in [0.05, 0.1) is 17.4 Å². The molecule has 0 spiro atoms. The maximum atomic E-state index is 12.9. The summed E-state index contributed by atoms with van der Waals surface area (Å²) in [5.41, 5.74) is 2.05. The summed E-state index contributed by atoms with van der Waals surface area (Å²) in [6.45, 7) is 1.48. The molecule has 3 aromatic rings. The molecule has 1 aliphatic heterocycles. The molecule has 2 amide bonds. The molecule has 36 heavy (non-hydrogen) atoms. The predicted octanol–water partition coefficient (Wildman–Crippen LogP) is 3.23. The van der Waals surface area contributed by atoms with E-state index in [1.165, 1.54) is 0 Å². The number of carbonyl (C=O) groups is 2. The lowest BCUT2D eigenvalue weighted by Crippen LogP contribution is -2.41. The number of nitrogens with one attached hydrogen (secondary N) is 2. The molecule has 0 aromatic carbocycles. The Kier molecular flexibility index (Phi) is 5.24. The van der Waals surface area contributed by atoms with Crippen molar-refractivity contribution in [2.75, 3.05) is 37.4 Å². The third-order valence-corrected chi connectivity index (χ3v) is 7.75. The first-order valence-electron chi connectivity index (χ1n) is 12.4. The molecule has 11 heteroatoms. The summed E-state index contributed by atoms with van der Waals surface area (Å²) >= 11 is 0. The molecule has 2 unspecified atom stereocenters. The minimum absolute atomic E-state index is 0.0356. The monoisotopic (exact) mass is 490 g/mol. The highest BCUT2D eigenvalue weighted by Crippen LogP contribution is 2.50. The highest BCUT2D eigenvalue weighted by Gasteiger charge is 2.61. The molecule has 0 bridgehead atoms. The van der Waals surface area contributed by atoms with Gasteiger partial charge in [-0.2, -0.15) is 4.98 Å². The molecule has 3 aliphatic rings. The van der Waals surface area contributed by atoms with Crippen LogP contribution in [0.2, 0.25) is 0 Å². The van der Waals surface area contributed by atoms with Gasteiger partial charge in [-0.15, -0.1) is 0 Å². The molecule has 2 atom stereocenters. The van der Waals surface area contributed by atoms with Crippen molar-refractivity contribution in [2.45, 2.75) is 43.7 Å². The summed E-state index contributed by atoms with van der Waals surface area (Å²) in [5.74, 6) is 1.36.